The van der Waals surface area contributed by atoms with Gasteiger partial charge in [0, 0.05) is 24.7 Å². The third-order valence-corrected chi connectivity index (χ3v) is 6.15. The van der Waals surface area contributed by atoms with E-state index in [9.17, 15) is 14.3 Å². The number of amides is 1. The third-order valence-electron chi connectivity index (χ3n) is 6.15. The molecule has 1 amide bonds. The van der Waals surface area contributed by atoms with Crippen molar-refractivity contribution >= 4 is 16.8 Å². The zero-order valence-corrected chi connectivity index (χ0v) is 17.5. The lowest BCUT2D eigenvalue weighted by atomic mass is 9.77. The van der Waals surface area contributed by atoms with Crippen molar-refractivity contribution in [2.24, 2.45) is 13.0 Å². The predicted octanol–water partition coefficient (Wildman–Crippen LogP) is 3.83. The van der Waals surface area contributed by atoms with Crippen molar-refractivity contribution in [1.29, 1.82) is 0 Å². The monoisotopic (exact) mass is 410 g/mol. The Morgan fingerprint density at radius 3 is 2.57 bits per heavy atom. The molecule has 1 fully saturated rings. The molecule has 158 valence electrons. The van der Waals surface area contributed by atoms with Crippen LogP contribution in [0.4, 0.5) is 4.39 Å². The van der Waals surface area contributed by atoms with Crippen molar-refractivity contribution in [2.45, 2.75) is 51.2 Å². The lowest BCUT2D eigenvalue weighted by Crippen LogP contribution is -2.41. The van der Waals surface area contributed by atoms with Gasteiger partial charge in [-0.05, 0) is 57.6 Å². The van der Waals surface area contributed by atoms with E-state index in [1.165, 1.54) is 12.3 Å². The summed E-state index contributed by atoms with van der Waals surface area (Å²) in [4.78, 5) is 16.8. The minimum Gasteiger partial charge on any atom is -0.390 e. The summed E-state index contributed by atoms with van der Waals surface area (Å²) in [5.41, 5.74) is 0.975. The van der Waals surface area contributed by atoms with Gasteiger partial charge in [-0.25, -0.2) is 4.39 Å². The number of aliphatic hydroxyl groups is 1. The van der Waals surface area contributed by atoms with Crippen molar-refractivity contribution in [3.05, 3.63) is 47.9 Å². The van der Waals surface area contributed by atoms with Crippen LogP contribution >= 0.6 is 0 Å². The number of carbonyl (C=O) groups excluding carboxylic acids is 1. The number of nitrogens with one attached hydrogen (secondary N) is 1. The molecule has 1 aromatic carbocycles. The van der Waals surface area contributed by atoms with Gasteiger partial charge in [-0.3, -0.25) is 14.5 Å². The van der Waals surface area contributed by atoms with Crippen LogP contribution in [0.15, 0.2) is 36.5 Å². The number of hydrogen-bond acceptors (Lipinski definition) is 4. The molecule has 2 heterocycles. The molecular weight excluding hydrogens is 383 g/mol. The number of fused-ring (bicyclic) bond motifs is 1. The summed E-state index contributed by atoms with van der Waals surface area (Å²) in [6.07, 6.45) is 4.71. The quantitative estimate of drug-likeness (QED) is 0.685. The predicted molar refractivity (Wildman–Crippen MR) is 113 cm³/mol. The Labute approximate surface area is 175 Å². The van der Waals surface area contributed by atoms with Gasteiger partial charge in [0.15, 0.2) is 5.82 Å². The molecule has 0 aliphatic heterocycles. The first kappa shape index (κ1) is 20.5. The van der Waals surface area contributed by atoms with Gasteiger partial charge in [-0.2, -0.15) is 5.10 Å². The largest absolute Gasteiger partial charge is 0.390 e. The molecule has 6 nitrogen and oxygen atoms in total. The van der Waals surface area contributed by atoms with Crippen LogP contribution in [-0.2, 0) is 7.05 Å². The van der Waals surface area contributed by atoms with E-state index in [4.69, 9.17) is 0 Å². The van der Waals surface area contributed by atoms with E-state index in [1.54, 1.807) is 11.7 Å². The molecule has 2 N–H and O–H groups in total. The number of halogens is 1. The fourth-order valence-electron chi connectivity index (χ4n) is 4.34. The lowest BCUT2D eigenvalue weighted by Gasteiger charge is -2.36. The fourth-order valence-corrected chi connectivity index (χ4v) is 4.34. The summed E-state index contributed by atoms with van der Waals surface area (Å²) in [6, 6.07) is 8.82. The molecule has 0 bridgehead atoms. The van der Waals surface area contributed by atoms with Gasteiger partial charge in [-0.15, -0.1) is 0 Å². The van der Waals surface area contributed by atoms with Crippen LogP contribution in [0.3, 0.4) is 0 Å². The van der Waals surface area contributed by atoms with Crippen LogP contribution < -0.4 is 5.32 Å². The molecule has 4 rings (SSSR count). The third kappa shape index (κ3) is 3.94. The second kappa shape index (κ2) is 7.80. The molecule has 1 saturated carbocycles. The molecule has 0 atom stereocenters. The fraction of sp³-hybridized carbons (Fsp3) is 0.435. The molecule has 2 aromatic heterocycles. The van der Waals surface area contributed by atoms with Crippen molar-refractivity contribution in [3.63, 3.8) is 0 Å². The van der Waals surface area contributed by atoms with E-state index in [2.05, 4.69) is 15.4 Å². The number of rotatable bonds is 4. The van der Waals surface area contributed by atoms with Crippen molar-refractivity contribution in [3.8, 4) is 11.4 Å². The first-order valence-electron chi connectivity index (χ1n) is 10.3. The number of benzene rings is 1. The lowest BCUT2D eigenvalue weighted by molar-refractivity contribution is -0.00257. The van der Waals surface area contributed by atoms with Crippen LogP contribution in [0.5, 0.6) is 0 Å². The first-order valence-corrected chi connectivity index (χ1v) is 10.3. The zero-order chi connectivity index (χ0) is 21.5. The van der Waals surface area contributed by atoms with E-state index < -0.39 is 11.4 Å². The SMILES string of the molecule is Cn1nc(-c2ncc(C(=O)NC3CCC(C(C)(C)O)CC3)cc2F)c2ccccc21. The van der Waals surface area contributed by atoms with Crippen LogP contribution in [0, 0.1) is 11.7 Å². The van der Waals surface area contributed by atoms with E-state index in [0.29, 0.717) is 5.69 Å². The van der Waals surface area contributed by atoms with Gasteiger partial charge in [-0.1, -0.05) is 18.2 Å². The number of nitrogens with zero attached hydrogens (tertiary/aromatic N) is 3. The van der Waals surface area contributed by atoms with E-state index in [1.807, 2.05) is 38.1 Å². The highest BCUT2D eigenvalue weighted by atomic mass is 19.1. The van der Waals surface area contributed by atoms with E-state index in [-0.39, 0.29) is 29.1 Å². The minimum atomic E-state index is -0.701. The van der Waals surface area contributed by atoms with Crippen LogP contribution in [0.1, 0.15) is 49.9 Å². The van der Waals surface area contributed by atoms with Crippen LogP contribution in [0.2, 0.25) is 0 Å². The molecule has 3 aromatic rings. The molecule has 7 heteroatoms. The number of aromatic nitrogens is 3. The average molecular weight is 410 g/mol. The van der Waals surface area contributed by atoms with E-state index in [0.717, 1.165) is 36.6 Å². The number of hydrogen-bond donors (Lipinski definition) is 2. The molecule has 1 aliphatic rings. The highest BCUT2D eigenvalue weighted by molar-refractivity contribution is 5.95. The standard InChI is InChI=1S/C23H27FN4O2/c1-23(2,30)15-8-10-16(11-9-15)26-22(29)14-12-18(24)21(25-13-14)20-17-6-4-5-7-19(17)28(3)27-20/h4-7,12-13,15-16,30H,8-11H2,1-3H3,(H,26,29). The Hall–Kier alpha value is -2.80. The second-order valence-corrected chi connectivity index (χ2v) is 8.72. The number of aryl methyl sites for hydroxylation is 1. The van der Waals surface area contributed by atoms with Gasteiger partial charge in [0.05, 0.1) is 16.7 Å². The highest BCUT2D eigenvalue weighted by Crippen LogP contribution is 2.33. The second-order valence-electron chi connectivity index (χ2n) is 8.72. The molecule has 0 saturated heterocycles. The first-order chi connectivity index (χ1) is 14.2. The Balaban J connectivity index is 1.49. The van der Waals surface area contributed by atoms with Crippen molar-refractivity contribution in [1.82, 2.24) is 20.1 Å². The maximum Gasteiger partial charge on any atom is 0.253 e. The smallest absolute Gasteiger partial charge is 0.253 e. The molecule has 0 spiro atoms. The number of carbonyl (C=O) groups is 1. The van der Waals surface area contributed by atoms with Gasteiger partial charge in [0.2, 0.25) is 0 Å². The maximum absolute atomic E-state index is 14.9. The highest BCUT2D eigenvalue weighted by Gasteiger charge is 2.32. The summed E-state index contributed by atoms with van der Waals surface area (Å²) in [7, 11) is 1.80. The molecular formula is C23H27FN4O2. The Kier molecular flexibility index (Phi) is 5.32. The van der Waals surface area contributed by atoms with Crippen molar-refractivity contribution < 1.29 is 14.3 Å². The zero-order valence-electron chi connectivity index (χ0n) is 17.5. The molecule has 1 aliphatic carbocycles. The summed E-state index contributed by atoms with van der Waals surface area (Å²) in [6.45, 7) is 3.66. The summed E-state index contributed by atoms with van der Waals surface area (Å²) in [5, 5.41) is 18.4. The van der Waals surface area contributed by atoms with Gasteiger partial charge >= 0.3 is 0 Å². The van der Waals surface area contributed by atoms with E-state index >= 15 is 0 Å². The minimum absolute atomic E-state index is 0.0265. The summed E-state index contributed by atoms with van der Waals surface area (Å²) in [5.74, 6) is -0.667. The van der Waals surface area contributed by atoms with Crippen LogP contribution in [-0.4, -0.2) is 37.4 Å². The molecule has 30 heavy (non-hydrogen) atoms. The Morgan fingerprint density at radius 2 is 1.90 bits per heavy atom. The summed E-state index contributed by atoms with van der Waals surface area (Å²) >= 11 is 0. The Bertz CT molecular complexity index is 1080. The molecule has 0 radical (unpaired) electrons. The summed E-state index contributed by atoms with van der Waals surface area (Å²) < 4.78 is 16.6. The van der Waals surface area contributed by atoms with Crippen LogP contribution in [0.25, 0.3) is 22.3 Å². The Morgan fingerprint density at radius 1 is 1.20 bits per heavy atom. The molecule has 0 unspecified atom stereocenters. The van der Waals surface area contributed by atoms with Gasteiger partial charge in [0.1, 0.15) is 11.4 Å². The number of para-hydroxylation sites is 1. The van der Waals surface area contributed by atoms with Gasteiger partial charge < -0.3 is 10.4 Å². The topological polar surface area (TPSA) is 80.0 Å². The maximum atomic E-state index is 14.9. The van der Waals surface area contributed by atoms with Crippen molar-refractivity contribution in [2.75, 3.05) is 0 Å². The number of pyridine rings is 1. The normalized spacial score (nSPS) is 19.8. The van der Waals surface area contributed by atoms with Gasteiger partial charge in [0.25, 0.3) is 5.91 Å². The average Bonchev–Trinajstić information content (AvgIpc) is 3.04.